The summed E-state index contributed by atoms with van der Waals surface area (Å²) in [5, 5.41) is 8.69. The summed E-state index contributed by atoms with van der Waals surface area (Å²) < 4.78 is 0. The van der Waals surface area contributed by atoms with E-state index in [4.69, 9.17) is 5.26 Å². The van der Waals surface area contributed by atoms with Gasteiger partial charge in [0.2, 0.25) is 0 Å². The van der Waals surface area contributed by atoms with Crippen LogP contribution < -0.4 is 0 Å². The molecule has 2 aromatic rings. The van der Waals surface area contributed by atoms with Gasteiger partial charge in [0, 0.05) is 5.56 Å². The smallest absolute Gasteiger partial charge is 0.150 e. The summed E-state index contributed by atoms with van der Waals surface area (Å²) in [6, 6.07) is 16.8. The van der Waals surface area contributed by atoms with Crippen LogP contribution in [0.4, 0.5) is 0 Å². The van der Waals surface area contributed by atoms with Gasteiger partial charge < -0.3 is 0 Å². The van der Waals surface area contributed by atoms with Gasteiger partial charge in [-0.3, -0.25) is 4.79 Å². The highest BCUT2D eigenvalue weighted by Crippen LogP contribution is 2.10. The van der Waals surface area contributed by atoms with Crippen molar-refractivity contribution in [1.82, 2.24) is 0 Å². The van der Waals surface area contributed by atoms with Crippen molar-refractivity contribution in [3.05, 3.63) is 70.8 Å². The Labute approximate surface area is 106 Å². The Balaban J connectivity index is 2.19. The first-order valence-electron chi connectivity index (χ1n) is 5.55. The second-order valence-electron chi connectivity index (χ2n) is 3.86. The monoisotopic (exact) mass is 233 g/mol. The number of hydrogen-bond acceptors (Lipinski definition) is 2. The van der Waals surface area contributed by atoms with E-state index in [2.05, 4.69) is 6.07 Å². The van der Waals surface area contributed by atoms with E-state index in [1.807, 2.05) is 42.5 Å². The Bertz CT molecular complexity index is 618. The third-order valence-electron chi connectivity index (χ3n) is 2.55. The van der Waals surface area contributed by atoms with E-state index < -0.39 is 0 Å². The lowest BCUT2D eigenvalue weighted by Crippen LogP contribution is -1.80. The Morgan fingerprint density at radius 1 is 0.889 bits per heavy atom. The van der Waals surface area contributed by atoms with Gasteiger partial charge in [-0.2, -0.15) is 5.26 Å². The maximum atomic E-state index is 10.6. The van der Waals surface area contributed by atoms with Gasteiger partial charge in [-0.05, 0) is 29.3 Å². The predicted molar refractivity (Wildman–Crippen MR) is 71.9 cm³/mol. The molecule has 0 fully saturated rings. The quantitative estimate of drug-likeness (QED) is 0.601. The van der Waals surface area contributed by atoms with Crippen LogP contribution in [0.25, 0.3) is 12.2 Å². The lowest BCUT2D eigenvalue weighted by molar-refractivity contribution is 0.112. The van der Waals surface area contributed by atoms with Crippen molar-refractivity contribution < 1.29 is 4.79 Å². The lowest BCUT2D eigenvalue weighted by Gasteiger charge is -1.96. The van der Waals surface area contributed by atoms with Crippen LogP contribution in [0, 0.1) is 11.3 Å². The third-order valence-corrected chi connectivity index (χ3v) is 2.55. The van der Waals surface area contributed by atoms with Crippen LogP contribution in [-0.2, 0) is 0 Å². The molecule has 0 heterocycles. The van der Waals surface area contributed by atoms with Crippen LogP contribution in [0.1, 0.15) is 27.0 Å². The maximum Gasteiger partial charge on any atom is 0.150 e. The zero-order valence-corrected chi connectivity index (χ0v) is 9.71. The van der Waals surface area contributed by atoms with Crippen LogP contribution in [0.15, 0.2) is 48.5 Å². The van der Waals surface area contributed by atoms with E-state index in [-0.39, 0.29) is 0 Å². The molecule has 0 saturated carbocycles. The fourth-order valence-electron chi connectivity index (χ4n) is 1.60. The number of rotatable bonds is 3. The second-order valence-corrected chi connectivity index (χ2v) is 3.86. The summed E-state index contributed by atoms with van der Waals surface area (Å²) in [6.07, 6.45) is 4.72. The Hall–Kier alpha value is -2.66. The molecular formula is C16H11NO. The molecule has 0 aliphatic carbocycles. The lowest BCUT2D eigenvalue weighted by atomic mass is 10.1. The minimum absolute atomic E-state index is 0.648. The minimum atomic E-state index is 0.648. The molecular weight excluding hydrogens is 222 g/mol. The van der Waals surface area contributed by atoms with Gasteiger partial charge in [0.15, 0.2) is 0 Å². The van der Waals surface area contributed by atoms with E-state index >= 15 is 0 Å². The molecule has 0 saturated heterocycles. The van der Waals surface area contributed by atoms with Crippen molar-refractivity contribution in [3.63, 3.8) is 0 Å². The highest BCUT2D eigenvalue weighted by molar-refractivity contribution is 5.78. The van der Waals surface area contributed by atoms with Crippen LogP contribution in [0.5, 0.6) is 0 Å². The van der Waals surface area contributed by atoms with Gasteiger partial charge in [-0.1, -0.05) is 42.5 Å². The molecule has 86 valence electrons. The molecule has 0 aliphatic heterocycles. The van der Waals surface area contributed by atoms with Crippen LogP contribution in [0.2, 0.25) is 0 Å². The van der Waals surface area contributed by atoms with Crippen molar-refractivity contribution in [3.8, 4) is 6.07 Å². The van der Waals surface area contributed by atoms with Gasteiger partial charge in [-0.25, -0.2) is 0 Å². The molecule has 0 bridgehead atoms. The van der Waals surface area contributed by atoms with Gasteiger partial charge in [0.05, 0.1) is 11.6 Å². The summed E-state index contributed by atoms with van der Waals surface area (Å²) in [5.74, 6) is 0. The fourth-order valence-corrected chi connectivity index (χ4v) is 1.60. The number of carbonyl (C=O) groups excluding carboxylic acids is 1. The van der Waals surface area contributed by atoms with Crippen molar-refractivity contribution >= 4 is 18.4 Å². The molecule has 0 radical (unpaired) electrons. The van der Waals surface area contributed by atoms with Crippen LogP contribution in [0.3, 0.4) is 0 Å². The first kappa shape index (κ1) is 11.8. The van der Waals surface area contributed by atoms with Crippen molar-refractivity contribution in [2.24, 2.45) is 0 Å². The summed E-state index contributed by atoms with van der Waals surface area (Å²) >= 11 is 0. The molecule has 0 aromatic heterocycles. The molecule has 2 aromatic carbocycles. The van der Waals surface area contributed by atoms with Crippen molar-refractivity contribution in [1.29, 1.82) is 5.26 Å². The average molecular weight is 233 g/mol. The largest absolute Gasteiger partial charge is 0.298 e. The maximum absolute atomic E-state index is 10.6. The molecule has 0 spiro atoms. The molecule has 0 aliphatic rings. The molecule has 0 unspecified atom stereocenters. The van der Waals surface area contributed by atoms with Gasteiger partial charge in [0.25, 0.3) is 0 Å². The zero-order valence-electron chi connectivity index (χ0n) is 9.71. The molecule has 0 amide bonds. The number of hydrogen-bond donors (Lipinski definition) is 0. The van der Waals surface area contributed by atoms with Gasteiger partial charge in [-0.15, -0.1) is 0 Å². The number of nitriles is 1. The first-order valence-corrected chi connectivity index (χ1v) is 5.55. The Morgan fingerprint density at radius 2 is 1.56 bits per heavy atom. The van der Waals surface area contributed by atoms with Crippen LogP contribution >= 0.6 is 0 Å². The highest BCUT2D eigenvalue weighted by Gasteiger charge is 1.92. The number of benzene rings is 2. The number of aldehydes is 1. The molecule has 0 N–H and O–H groups in total. The molecule has 2 heteroatoms. The zero-order chi connectivity index (χ0) is 12.8. The Morgan fingerprint density at radius 3 is 2.22 bits per heavy atom. The summed E-state index contributed by atoms with van der Waals surface area (Å²) in [5.41, 5.74) is 3.31. The number of carbonyl (C=O) groups is 1. The van der Waals surface area contributed by atoms with Crippen molar-refractivity contribution in [2.45, 2.75) is 0 Å². The van der Waals surface area contributed by atoms with E-state index in [1.165, 1.54) is 0 Å². The van der Waals surface area contributed by atoms with E-state index in [9.17, 15) is 4.79 Å². The van der Waals surface area contributed by atoms with Gasteiger partial charge >= 0.3 is 0 Å². The van der Waals surface area contributed by atoms with E-state index in [0.29, 0.717) is 11.1 Å². The summed E-state index contributed by atoms with van der Waals surface area (Å²) in [7, 11) is 0. The summed E-state index contributed by atoms with van der Waals surface area (Å²) in [6.45, 7) is 0. The minimum Gasteiger partial charge on any atom is -0.298 e. The summed E-state index contributed by atoms with van der Waals surface area (Å²) in [4.78, 5) is 10.6. The normalized spacial score (nSPS) is 10.2. The molecule has 18 heavy (non-hydrogen) atoms. The highest BCUT2D eigenvalue weighted by atomic mass is 16.1. The Kier molecular flexibility index (Phi) is 3.68. The molecule has 0 atom stereocenters. The topological polar surface area (TPSA) is 40.9 Å². The predicted octanol–water partition coefficient (Wildman–Crippen LogP) is 3.54. The first-order chi connectivity index (χ1) is 8.81. The van der Waals surface area contributed by atoms with Crippen molar-refractivity contribution in [2.75, 3.05) is 0 Å². The molecule has 2 nitrogen and oxygen atoms in total. The van der Waals surface area contributed by atoms with Gasteiger partial charge in [0.1, 0.15) is 6.29 Å². The van der Waals surface area contributed by atoms with E-state index in [0.717, 1.165) is 17.4 Å². The standard InChI is InChI=1S/C16H11NO/c17-11-15-8-5-13(6-9-15)4-7-14-2-1-3-16(10-14)12-18/h1-10,12H/b7-4+. The second kappa shape index (κ2) is 5.60. The SMILES string of the molecule is N#Cc1ccc(/C=C/c2cccc(C=O)c2)cc1. The van der Waals surface area contributed by atoms with E-state index in [1.54, 1.807) is 18.2 Å². The fraction of sp³-hybridized carbons (Fsp3) is 0. The molecule has 2 rings (SSSR count). The average Bonchev–Trinajstić information content (AvgIpc) is 2.46. The third kappa shape index (κ3) is 2.93. The number of nitrogens with zero attached hydrogens (tertiary/aromatic N) is 1. The van der Waals surface area contributed by atoms with Crippen LogP contribution in [-0.4, -0.2) is 6.29 Å².